The number of nitrogens with one attached hydrogen (secondary N) is 1. The molecule has 6 heteroatoms. The van der Waals surface area contributed by atoms with Gasteiger partial charge in [-0.25, -0.2) is 9.97 Å². The molecule has 2 aromatic heterocycles. The molecule has 0 atom stereocenters. The molecular weight excluding hydrogens is 362 g/mol. The largest absolute Gasteiger partial charge is 0.305 e. The summed E-state index contributed by atoms with van der Waals surface area (Å²) < 4.78 is 1.74. The molecule has 2 rings (SSSR count). The van der Waals surface area contributed by atoms with E-state index in [0.717, 1.165) is 14.6 Å². The maximum atomic E-state index is 11.9. The molecular formula is C12H9Br2N3O. The highest BCUT2D eigenvalue weighted by atomic mass is 79.9. The summed E-state index contributed by atoms with van der Waals surface area (Å²) in [5.41, 5.74) is 1.16. The fourth-order valence-corrected chi connectivity index (χ4v) is 1.76. The third kappa shape index (κ3) is 3.14. The zero-order valence-corrected chi connectivity index (χ0v) is 12.6. The van der Waals surface area contributed by atoms with Crippen molar-refractivity contribution < 1.29 is 4.79 Å². The first-order valence-corrected chi connectivity index (χ1v) is 6.71. The van der Waals surface area contributed by atoms with E-state index in [1.807, 2.05) is 13.0 Å². The summed E-state index contributed by atoms with van der Waals surface area (Å²) in [6.07, 6.45) is 1.58. The number of carbonyl (C=O) groups is 1. The maximum absolute atomic E-state index is 11.9. The highest BCUT2D eigenvalue weighted by molar-refractivity contribution is 9.10. The second kappa shape index (κ2) is 5.58. The summed E-state index contributed by atoms with van der Waals surface area (Å²) in [5.74, 6) is 0.224. The number of amides is 1. The van der Waals surface area contributed by atoms with E-state index in [9.17, 15) is 4.79 Å². The van der Waals surface area contributed by atoms with E-state index in [1.54, 1.807) is 24.4 Å². The van der Waals surface area contributed by atoms with Gasteiger partial charge in [-0.15, -0.1) is 0 Å². The molecule has 0 aliphatic carbocycles. The fraction of sp³-hybridized carbons (Fsp3) is 0.0833. The molecule has 2 heterocycles. The number of hydrogen-bond acceptors (Lipinski definition) is 3. The Labute approximate surface area is 121 Å². The van der Waals surface area contributed by atoms with Crippen molar-refractivity contribution in [3.05, 3.63) is 50.8 Å². The molecule has 2 aromatic rings. The number of anilines is 1. The topological polar surface area (TPSA) is 54.9 Å². The van der Waals surface area contributed by atoms with E-state index in [4.69, 9.17) is 0 Å². The molecule has 0 aromatic carbocycles. The molecule has 0 bridgehead atoms. The molecule has 92 valence electrons. The number of hydrogen-bond donors (Lipinski definition) is 1. The van der Waals surface area contributed by atoms with Crippen molar-refractivity contribution in [1.82, 2.24) is 9.97 Å². The van der Waals surface area contributed by atoms with Crippen LogP contribution < -0.4 is 5.32 Å². The first-order chi connectivity index (χ1) is 8.56. The normalized spacial score (nSPS) is 10.2. The molecule has 0 spiro atoms. The van der Waals surface area contributed by atoms with Crippen LogP contribution in [0.4, 0.5) is 5.82 Å². The summed E-state index contributed by atoms with van der Waals surface area (Å²) in [4.78, 5) is 20.1. The summed E-state index contributed by atoms with van der Waals surface area (Å²) >= 11 is 6.62. The molecule has 0 saturated heterocycles. The number of halogens is 2. The van der Waals surface area contributed by atoms with E-state index in [0.29, 0.717) is 11.5 Å². The van der Waals surface area contributed by atoms with E-state index in [1.165, 1.54) is 0 Å². The number of carbonyl (C=O) groups excluding carboxylic acids is 1. The van der Waals surface area contributed by atoms with Gasteiger partial charge in [0, 0.05) is 15.1 Å². The van der Waals surface area contributed by atoms with Gasteiger partial charge in [-0.05, 0) is 63.0 Å². The number of aryl methyl sites for hydroxylation is 1. The zero-order chi connectivity index (χ0) is 13.1. The second-order valence-corrected chi connectivity index (χ2v) is 5.35. The third-order valence-corrected chi connectivity index (χ3v) is 3.53. The first-order valence-electron chi connectivity index (χ1n) is 5.12. The van der Waals surface area contributed by atoms with E-state index in [2.05, 4.69) is 47.1 Å². The highest BCUT2D eigenvalue weighted by Gasteiger charge is 2.08. The average Bonchev–Trinajstić information content (AvgIpc) is 2.34. The van der Waals surface area contributed by atoms with Crippen molar-refractivity contribution in [2.45, 2.75) is 6.92 Å². The Morgan fingerprint density at radius 3 is 2.61 bits per heavy atom. The van der Waals surface area contributed by atoms with Crippen LogP contribution in [0.5, 0.6) is 0 Å². The van der Waals surface area contributed by atoms with Crippen LogP contribution in [0.3, 0.4) is 0 Å². The van der Waals surface area contributed by atoms with Gasteiger partial charge in [0.1, 0.15) is 11.5 Å². The van der Waals surface area contributed by atoms with Gasteiger partial charge in [0.25, 0.3) is 5.91 Å². The summed E-state index contributed by atoms with van der Waals surface area (Å²) in [5, 5.41) is 2.70. The summed E-state index contributed by atoms with van der Waals surface area (Å²) in [6, 6.07) is 6.98. The average molecular weight is 371 g/mol. The lowest BCUT2D eigenvalue weighted by Gasteiger charge is -2.05. The van der Waals surface area contributed by atoms with Gasteiger partial charge in [0.15, 0.2) is 0 Å². The Bertz CT molecular complexity index is 584. The Balaban J connectivity index is 2.16. The lowest BCUT2D eigenvalue weighted by atomic mass is 10.3. The molecule has 18 heavy (non-hydrogen) atoms. The Morgan fingerprint density at radius 2 is 2.00 bits per heavy atom. The van der Waals surface area contributed by atoms with Gasteiger partial charge >= 0.3 is 0 Å². The zero-order valence-electron chi connectivity index (χ0n) is 9.45. The molecule has 0 radical (unpaired) electrons. The minimum Gasteiger partial charge on any atom is -0.305 e. The Hall–Kier alpha value is -1.27. The van der Waals surface area contributed by atoms with Crippen LogP contribution >= 0.6 is 31.9 Å². The van der Waals surface area contributed by atoms with Crippen LogP contribution in [0.25, 0.3) is 0 Å². The van der Waals surface area contributed by atoms with Crippen LogP contribution in [-0.2, 0) is 0 Å². The van der Waals surface area contributed by atoms with Crippen molar-refractivity contribution >= 4 is 43.6 Å². The van der Waals surface area contributed by atoms with E-state index in [-0.39, 0.29) is 5.91 Å². The molecule has 4 nitrogen and oxygen atoms in total. The lowest BCUT2D eigenvalue weighted by Crippen LogP contribution is -2.14. The van der Waals surface area contributed by atoms with Gasteiger partial charge < -0.3 is 5.32 Å². The highest BCUT2D eigenvalue weighted by Crippen LogP contribution is 2.16. The van der Waals surface area contributed by atoms with E-state index >= 15 is 0 Å². The van der Waals surface area contributed by atoms with Crippen molar-refractivity contribution in [3.8, 4) is 0 Å². The van der Waals surface area contributed by atoms with Crippen LogP contribution in [0, 0.1) is 6.92 Å². The standard InChI is InChI=1S/C12H9Br2N3O/c1-7-9(14)3-5-11(16-7)17-12(18)10-4-2-8(13)6-15-10/h2-6H,1H3,(H,16,17,18). The van der Waals surface area contributed by atoms with Gasteiger partial charge in [0.05, 0.1) is 5.69 Å². The third-order valence-electron chi connectivity index (χ3n) is 2.22. The fourth-order valence-electron chi connectivity index (χ4n) is 1.30. The van der Waals surface area contributed by atoms with Gasteiger partial charge in [-0.1, -0.05) is 0 Å². The minimum atomic E-state index is -0.281. The molecule has 0 saturated carbocycles. The molecule has 0 unspecified atom stereocenters. The SMILES string of the molecule is Cc1nc(NC(=O)c2ccc(Br)cn2)ccc1Br. The van der Waals surface area contributed by atoms with Crippen LogP contribution in [0.2, 0.25) is 0 Å². The molecule has 0 aliphatic heterocycles. The van der Waals surface area contributed by atoms with Crippen molar-refractivity contribution in [2.75, 3.05) is 5.32 Å². The maximum Gasteiger partial charge on any atom is 0.275 e. The van der Waals surface area contributed by atoms with Gasteiger partial charge in [0.2, 0.25) is 0 Å². The van der Waals surface area contributed by atoms with Crippen LogP contribution in [0.15, 0.2) is 39.4 Å². The van der Waals surface area contributed by atoms with Crippen LogP contribution in [0.1, 0.15) is 16.2 Å². The molecule has 0 fully saturated rings. The summed E-state index contributed by atoms with van der Waals surface area (Å²) in [6.45, 7) is 1.86. The lowest BCUT2D eigenvalue weighted by molar-refractivity contribution is 0.102. The quantitative estimate of drug-likeness (QED) is 0.879. The van der Waals surface area contributed by atoms with Gasteiger partial charge in [-0.3, -0.25) is 4.79 Å². The number of rotatable bonds is 2. The van der Waals surface area contributed by atoms with Crippen LogP contribution in [-0.4, -0.2) is 15.9 Å². The molecule has 1 N–H and O–H groups in total. The van der Waals surface area contributed by atoms with E-state index < -0.39 is 0 Å². The minimum absolute atomic E-state index is 0.281. The Kier molecular flexibility index (Phi) is 4.08. The summed E-state index contributed by atoms with van der Waals surface area (Å²) in [7, 11) is 0. The monoisotopic (exact) mass is 369 g/mol. The Morgan fingerprint density at radius 1 is 1.22 bits per heavy atom. The smallest absolute Gasteiger partial charge is 0.275 e. The predicted octanol–water partition coefficient (Wildman–Crippen LogP) is 3.56. The van der Waals surface area contributed by atoms with Gasteiger partial charge in [-0.2, -0.15) is 0 Å². The number of pyridine rings is 2. The molecule has 0 aliphatic rings. The molecule has 1 amide bonds. The predicted molar refractivity (Wildman–Crippen MR) is 76.6 cm³/mol. The second-order valence-electron chi connectivity index (χ2n) is 3.58. The first kappa shape index (κ1) is 13.2. The van der Waals surface area contributed by atoms with Crippen molar-refractivity contribution in [3.63, 3.8) is 0 Å². The number of aromatic nitrogens is 2. The van der Waals surface area contributed by atoms with Crippen molar-refractivity contribution in [2.24, 2.45) is 0 Å². The number of nitrogens with zero attached hydrogens (tertiary/aromatic N) is 2. The van der Waals surface area contributed by atoms with Crippen molar-refractivity contribution in [1.29, 1.82) is 0 Å².